The summed E-state index contributed by atoms with van der Waals surface area (Å²) in [6, 6.07) is -0.0976. The van der Waals surface area contributed by atoms with Crippen LogP contribution in [0.3, 0.4) is 0 Å². The number of rotatable bonds is 5. The van der Waals surface area contributed by atoms with Gasteiger partial charge in [0.15, 0.2) is 0 Å². The van der Waals surface area contributed by atoms with Gasteiger partial charge in [0, 0.05) is 25.3 Å². The van der Waals surface area contributed by atoms with Gasteiger partial charge in [-0.05, 0) is 25.8 Å². The van der Waals surface area contributed by atoms with Crippen molar-refractivity contribution in [1.82, 2.24) is 9.80 Å². The van der Waals surface area contributed by atoms with Gasteiger partial charge < -0.3 is 9.64 Å². The van der Waals surface area contributed by atoms with Crippen LogP contribution in [0.1, 0.15) is 65.7 Å². The average Bonchev–Trinajstić information content (AvgIpc) is 2.62. The second-order valence-electron chi connectivity index (χ2n) is 6.81. The van der Waals surface area contributed by atoms with E-state index in [9.17, 15) is 4.79 Å². The molecule has 0 spiro atoms. The number of allylic oxidation sites excluding steroid dienone is 1. The number of carbonyl (C=O) groups excluding carboxylic acids is 1. The molecule has 0 radical (unpaired) electrons. The Hall–Kier alpha value is -1.03. The minimum atomic E-state index is -0.0976. The van der Waals surface area contributed by atoms with Crippen LogP contribution in [-0.4, -0.2) is 55.6 Å². The van der Waals surface area contributed by atoms with E-state index in [1.54, 1.807) is 0 Å². The SMILES string of the molecule is CC.CC/C=C1\CN(C)CCN1C(CC1CCCCC1)C(=O)OC. The van der Waals surface area contributed by atoms with E-state index in [-0.39, 0.29) is 12.0 Å². The summed E-state index contributed by atoms with van der Waals surface area (Å²) < 4.78 is 5.14. The van der Waals surface area contributed by atoms with Crippen molar-refractivity contribution in [3.05, 3.63) is 11.8 Å². The molecule has 4 heteroatoms. The minimum absolute atomic E-state index is 0.0582. The summed E-state index contributed by atoms with van der Waals surface area (Å²) >= 11 is 0. The molecule has 0 amide bonds. The second-order valence-corrected chi connectivity index (χ2v) is 6.81. The van der Waals surface area contributed by atoms with Crippen LogP contribution in [0.4, 0.5) is 0 Å². The lowest BCUT2D eigenvalue weighted by Crippen LogP contribution is -2.51. The smallest absolute Gasteiger partial charge is 0.328 e. The summed E-state index contributed by atoms with van der Waals surface area (Å²) in [6.07, 6.45) is 10.8. The lowest BCUT2D eigenvalue weighted by Gasteiger charge is -2.41. The minimum Gasteiger partial charge on any atom is -0.467 e. The summed E-state index contributed by atoms with van der Waals surface area (Å²) in [7, 11) is 3.67. The molecule has 4 nitrogen and oxygen atoms in total. The number of esters is 1. The van der Waals surface area contributed by atoms with Crippen molar-refractivity contribution in [2.45, 2.75) is 71.8 Å². The largest absolute Gasteiger partial charge is 0.467 e. The van der Waals surface area contributed by atoms with Gasteiger partial charge in [0.25, 0.3) is 0 Å². The zero-order valence-corrected chi connectivity index (χ0v) is 16.5. The van der Waals surface area contributed by atoms with E-state index in [1.165, 1.54) is 44.9 Å². The molecule has 0 aromatic heterocycles. The van der Waals surface area contributed by atoms with E-state index < -0.39 is 0 Å². The maximum absolute atomic E-state index is 12.4. The lowest BCUT2D eigenvalue weighted by atomic mass is 9.84. The van der Waals surface area contributed by atoms with Crippen molar-refractivity contribution in [1.29, 1.82) is 0 Å². The molecule has 1 unspecified atom stereocenters. The third-order valence-electron chi connectivity index (χ3n) is 5.09. The highest BCUT2D eigenvalue weighted by Crippen LogP contribution is 2.30. The van der Waals surface area contributed by atoms with E-state index in [2.05, 4.69) is 29.8 Å². The topological polar surface area (TPSA) is 32.8 Å². The molecule has 0 N–H and O–H groups in total. The zero-order valence-electron chi connectivity index (χ0n) is 16.5. The summed E-state index contributed by atoms with van der Waals surface area (Å²) in [6.45, 7) is 9.04. The Kier molecular flexibility index (Phi) is 10.1. The molecule has 2 rings (SSSR count). The highest BCUT2D eigenvalue weighted by Gasteiger charge is 2.33. The van der Waals surface area contributed by atoms with Crippen molar-refractivity contribution >= 4 is 5.97 Å². The molecular formula is C20H38N2O2. The van der Waals surface area contributed by atoms with Gasteiger partial charge in [-0.2, -0.15) is 0 Å². The van der Waals surface area contributed by atoms with E-state index in [4.69, 9.17) is 4.74 Å². The Balaban J connectivity index is 0.00000139. The predicted molar refractivity (Wildman–Crippen MR) is 101 cm³/mol. The number of methoxy groups -OCH3 is 1. The molecule has 1 saturated carbocycles. The quantitative estimate of drug-likeness (QED) is 0.708. The highest BCUT2D eigenvalue weighted by molar-refractivity contribution is 5.76. The number of carbonyl (C=O) groups is 1. The molecule has 1 atom stereocenters. The number of nitrogens with zero attached hydrogens (tertiary/aromatic N) is 2. The fourth-order valence-electron chi connectivity index (χ4n) is 3.87. The summed E-state index contributed by atoms with van der Waals surface area (Å²) in [5.74, 6) is 0.623. The zero-order chi connectivity index (χ0) is 17.9. The van der Waals surface area contributed by atoms with Crippen LogP contribution < -0.4 is 0 Å². The normalized spacial score (nSPS) is 22.7. The Morgan fingerprint density at radius 3 is 2.50 bits per heavy atom. The number of likely N-dealkylation sites (N-methyl/N-ethyl adjacent to an activating group) is 1. The number of hydrogen-bond acceptors (Lipinski definition) is 4. The van der Waals surface area contributed by atoms with Crippen LogP contribution in [0.5, 0.6) is 0 Å². The fraction of sp³-hybridized carbons (Fsp3) is 0.850. The Labute approximate surface area is 149 Å². The van der Waals surface area contributed by atoms with Gasteiger partial charge in [0.05, 0.1) is 7.11 Å². The maximum atomic E-state index is 12.4. The lowest BCUT2D eigenvalue weighted by molar-refractivity contribution is -0.147. The first kappa shape index (κ1) is 21.0. The van der Waals surface area contributed by atoms with Gasteiger partial charge >= 0.3 is 5.97 Å². The Morgan fingerprint density at radius 2 is 1.92 bits per heavy atom. The molecule has 1 heterocycles. The molecule has 0 bridgehead atoms. The van der Waals surface area contributed by atoms with Gasteiger partial charge in [0.2, 0.25) is 0 Å². The van der Waals surface area contributed by atoms with E-state index in [1.807, 2.05) is 13.8 Å². The van der Waals surface area contributed by atoms with Gasteiger partial charge in [-0.15, -0.1) is 0 Å². The van der Waals surface area contributed by atoms with Crippen molar-refractivity contribution in [3.63, 3.8) is 0 Å². The fourth-order valence-corrected chi connectivity index (χ4v) is 3.87. The molecule has 1 aliphatic carbocycles. The molecule has 0 aromatic carbocycles. The molecule has 0 aromatic rings. The van der Waals surface area contributed by atoms with Crippen LogP contribution in [-0.2, 0) is 9.53 Å². The van der Waals surface area contributed by atoms with Crippen LogP contribution in [0.2, 0.25) is 0 Å². The monoisotopic (exact) mass is 338 g/mol. The number of ether oxygens (including phenoxy) is 1. The average molecular weight is 339 g/mol. The Bertz CT molecular complexity index is 389. The summed E-state index contributed by atoms with van der Waals surface area (Å²) in [4.78, 5) is 17.1. The molecule has 2 fully saturated rings. The van der Waals surface area contributed by atoms with Crippen molar-refractivity contribution in [2.75, 3.05) is 33.8 Å². The molecular weight excluding hydrogens is 300 g/mol. The Morgan fingerprint density at radius 1 is 1.25 bits per heavy atom. The number of hydrogen-bond donors (Lipinski definition) is 0. The first-order valence-electron chi connectivity index (χ1n) is 9.87. The van der Waals surface area contributed by atoms with Gasteiger partial charge in [-0.3, -0.25) is 4.90 Å². The van der Waals surface area contributed by atoms with Crippen LogP contribution >= 0.6 is 0 Å². The predicted octanol–water partition coefficient (Wildman–Crippen LogP) is 4.07. The van der Waals surface area contributed by atoms with Crippen molar-refractivity contribution in [2.24, 2.45) is 5.92 Å². The van der Waals surface area contributed by atoms with Gasteiger partial charge in [-0.25, -0.2) is 4.79 Å². The van der Waals surface area contributed by atoms with Gasteiger partial charge in [-0.1, -0.05) is 59.0 Å². The standard InChI is InChI=1S/C18H32N2O2.C2H6/c1-4-8-16-14-19(2)11-12-20(16)17(18(21)22-3)13-15-9-6-5-7-10-15;1-2/h8,15,17H,4-7,9-14H2,1-3H3;1-2H3/b16-8+;. The second kappa shape index (κ2) is 11.5. The molecule has 140 valence electrons. The van der Waals surface area contributed by atoms with E-state index in [0.29, 0.717) is 5.92 Å². The molecule has 1 aliphatic heterocycles. The molecule has 24 heavy (non-hydrogen) atoms. The first-order chi connectivity index (χ1) is 11.7. The van der Waals surface area contributed by atoms with Crippen LogP contribution in [0.15, 0.2) is 11.8 Å². The van der Waals surface area contributed by atoms with E-state index >= 15 is 0 Å². The third-order valence-corrected chi connectivity index (χ3v) is 5.09. The summed E-state index contributed by atoms with van der Waals surface area (Å²) in [5, 5.41) is 0. The van der Waals surface area contributed by atoms with Crippen molar-refractivity contribution < 1.29 is 9.53 Å². The molecule has 2 aliphatic rings. The summed E-state index contributed by atoms with van der Waals surface area (Å²) in [5.41, 5.74) is 1.29. The number of piperazine rings is 1. The third kappa shape index (κ3) is 6.12. The van der Waals surface area contributed by atoms with Crippen LogP contribution in [0, 0.1) is 5.92 Å². The molecule has 1 saturated heterocycles. The highest BCUT2D eigenvalue weighted by atomic mass is 16.5. The maximum Gasteiger partial charge on any atom is 0.328 e. The van der Waals surface area contributed by atoms with Crippen LogP contribution in [0.25, 0.3) is 0 Å². The van der Waals surface area contributed by atoms with Gasteiger partial charge in [0.1, 0.15) is 6.04 Å². The first-order valence-corrected chi connectivity index (χ1v) is 9.87. The van der Waals surface area contributed by atoms with E-state index in [0.717, 1.165) is 32.5 Å². The van der Waals surface area contributed by atoms with Crippen molar-refractivity contribution in [3.8, 4) is 0 Å².